The molecular formula is C20H20F3N7O3. The third-order valence-electron chi connectivity index (χ3n) is 4.93. The minimum Gasteiger partial charge on any atom is -0.387 e. The molecule has 2 amide bonds. The highest BCUT2D eigenvalue weighted by molar-refractivity contribution is 6.01. The highest BCUT2D eigenvalue weighted by Crippen LogP contribution is 2.35. The van der Waals surface area contributed by atoms with Gasteiger partial charge in [-0.3, -0.25) is 14.9 Å². The molecule has 1 unspecified atom stereocenters. The first-order chi connectivity index (χ1) is 15.7. The molecule has 0 bridgehead atoms. The van der Waals surface area contributed by atoms with Crippen molar-refractivity contribution in [1.29, 1.82) is 5.26 Å². The Labute approximate surface area is 186 Å². The maximum atomic E-state index is 13.6. The Morgan fingerprint density at radius 2 is 2.06 bits per heavy atom. The number of piperidine rings is 1. The third kappa shape index (κ3) is 5.86. The number of aliphatic hydroxyl groups is 1. The summed E-state index contributed by atoms with van der Waals surface area (Å²) >= 11 is 0. The van der Waals surface area contributed by atoms with Crippen LogP contribution in [0.1, 0.15) is 28.8 Å². The number of alkyl halides is 3. The first kappa shape index (κ1) is 23.7. The van der Waals surface area contributed by atoms with E-state index in [-0.39, 0.29) is 29.8 Å². The molecule has 0 aliphatic carbocycles. The number of nitrogens with zero attached hydrogens (tertiary/aromatic N) is 4. The number of hydrogen-bond donors (Lipinski definition) is 4. The lowest BCUT2D eigenvalue weighted by molar-refractivity contribution is -0.137. The van der Waals surface area contributed by atoms with Gasteiger partial charge in [0, 0.05) is 25.3 Å². The van der Waals surface area contributed by atoms with Gasteiger partial charge >= 0.3 is 6.18 Å². The van der Waals surface area contributed by atoms with Crippen molar-refractivity contribution in [3.8, 4) is 6.19 Å². The monoisotopic (exact) mass is 463 g/mol. The van der Waals surface area contributed by atoms with Gasteiger partial charge < -0.3 is 20.6 Å². The van der Waals surface area contributed by atoms with Gasteiger partial charge in [0.25, 0.3) is 5.91 Å². The highest BCUT2D eigenvalue weighted by Gasteiger charge is 2.36. The van der Waals surface area contributed by atoms with E-state index in [2.05, 4.69) is 20.6 Å². The van der Waals surface area contributed by atoms with Crippen LogP contribution >= 0.6 is 0 Å². The lowest BCUT2D eigenvalue weighted by atomic mass is 10.1. The van der Waals surface area contributed by atoms with E-state index >= 15 is 0 Å². The molecule has 1 saturated heterocycles. The molecule has 0 spiro atoms. The molecule has 0 saturated carbocycles. The van der Waals surface area contributed by atoms with Gasteiger partial charge in [0.05, 0.1) is 11.3 Å². The molecule has 13 heteroatoms. The zero-order valence-corrected chi connectivity index (χ0v) is 17.2. The molecule has 1 atom stereocenters. The van der Waals surface area contributed by atoms with Crippen molar-refractivity contribution < 1.29 is 27.9 Å². The van der Waals surface area contributed by atoms with Crippen molar-refractivity contribution in [3.63, 3.8) is 0 Å². The molecule has 33 heavy (non-hydrogen) atoms. The summed E-state index contributed by atoms with van der Waals surface area (Å²) in [7, 11) is 0. The second kappa shape index (κ2) is 10.1. The minimum absolute atomic E-state index is 0.0118. The van der Waals surface area contributed by atoms with Gasteiger partial charge in [-0.1, -0.05) is 12.1 Å². The number of likely N-dealkylation sites (tertiary alicyclic amines) is 1. The number of para-hydroxylation sites is 1. The van der Waals surface area contributed by atoms with E-state index in [1.807, 2.05) is 5.32 Å². The molecule has 4 N–H and O–H groups in total. The zero-order chi connectivity index (χ0) is 24.0. The van der Waals surface area contributed by atoms with Crippen molar-refractivity contribution in [2.75, 3.05) is 30.3 Å². The van der Waals surface area contributed by atoms with Crippen molar-refractivity contribution in [1.82, 2.24) is 20.2 Å². The third-order valence-corrected chi connectivity index (χ3v) is 4.93. The number of anilines is 3. The number of halogens is 3. The van der Waals surface area contributed by atoms with Crippen LogP contribution in [-0.4, -0.2) is 57.5 Å². The molecule has 3 rings (SSSR count). The fourth-order valence-electron chi connectivity index (χ4n) is 3.39. The van der Waals surface area contributed by atoms with Crippen molar-refractivity contribution in [2.45, 2.75) is 25.1 Å². The molecule has 174 valence electrons. The Bertz CT molecular complexity index is 1070. The number of aromatic nitrogens is 2. The van der Waals surface area contributed by atoms with E-state index in [0.717, 1.165) is 0 Å². The normalized spacial score (nSPS) is 16.0. The number of benzene rings is 1. The number of aliphatic hydroxyl groups excluding tert-OH is 1. The Hall–Kier alpha value is -3.92. The van der Waals surface area contributed by atoms with E-state index in [1.165, 1.54) is 35.4 Å². The van der Waals surface area contributed by atoms with E-state index in [9.17, 15) is 22.8 Å². The van der Waals surface area contributed by atoms with Crippen molar-refractivity contribution in [3.05, 3.63) is 41.6 Å². The van der Waals surface area contributed by atoms with Gasteiger partial charge in [0.1, 0.15) is 18.0 Å². The maximum Gasteiger partial charge on any atom is 0.421 e. The first-order valence-electron chi connectivity index (χ1n) is 9.87. The molecule has 1 fully saturated rings. The zero-order valence-electron chi connectivity index (χ0n) is 17.2. The van der Waals surface area contributed by atoms with Crippen LogP contribution in [0.3, 0.4) is 0 Å². The van der Waals surface area contributed by atoms with Gasteiger partial charge in [0.15, 0.2) is 6.19 Å². The minimum atomic E-state index is -4.78. The first-order valence-corrected chi connectivity index (χ1v) is 9.87. The molecule has 10 nitrogen and oxygen atoms in total. The van der Waals surface area contributed by atoms with E-state index in [1.54, 1.807) is 0 Å². The van der Waals surface area contributed by atoms with Gasteiger partial charge in [0.2, 0.25) is 11.9 Å². The summed E-state index contributed by atoms with van der Waals surface area (Å²) in [5.74, 6) is -1.93. The second-order valence-electron chi connectivity index (χ2n) is 7.17. The van der Waals surface area contributed by atoms with Crippen LogP contribution in [-0.2, 0) is 11.0 Å². The number of carbonyl (C=O) groups is 2. The van der Waals surface area contributed by atoms with Crippen molar-refractivity contribution in [2.24, 2.45) is 0 Å². The van der Waals surface area contributed by atoms with Crippen LogP contribution in [0.5, 0.6) is 0 Å². The largest absolute Gasteiger partial charge is 0.421 e. The average molecular weight is 463 g/mol. The Kier molecular flexibility index (Phi) is 7.29. The summed E-state index contributed by atoms with van der Waals surface area (Å²) in [6.45, 7) is 0.0832. The summed E-state index contributed by atoms with van der Waals surface area (Å²) < 4.78 is 40.7. The fraction of sp³-hybridized carbons (Fsp3) is 0.350. The number of nitrogens with one attached hydrogen (secondary N) is 3. The molecule has 2 aromatic rings. The van der Waals surface area contributed by atoms with E-state index in [0.29, 0.717) is 25.6 Å². The molecule has 2 heterocycles. The van der Waals surface area contributed by atoms with Crippen LogP contribution in [0.4, 0.5) is 30.6 Å². The summed E-state index contributed by atoms with van der Waals surface area (Å²) in [5.41, 5.74) is -1.19. The smallest absolute Gasteiger partial charge is 0.387 e. The van der Waals surface area contributed by atoms with E-state index in [4.69, 9.17) is 10.4 Å². The van der Waals surface area contributed by atoms with Crippen LogP contribution in [0.15, 0.2) is 30.5 Å². The maximum absolute atomic E-state index is 13.6. The predicted molar refractivity (Wildman–Crippen MR) is 110 cm³/mol. The summed E-state index contributed by atoms with van der Waals surface area (Å²) in [6, 6.07) is 5.40. The lowest BCUT2D eigenvalue weighted by Gasteiger charge is -2.32. The van der Waals surface area contributed by atoms with E-state index < -0.39 is 36.0 Å². The number of amides is 2. The van der Waals surface area contributed by atoms with Crippen LogP contribution in [0.25, 0.3) is 0 Å². The highest BCUT2D eigenvalue weighted by atomic mass is 19.4. The molecular weight excluding hydrogens is 443 g/mol. The Balaban J connectivity index is 1.89. The summed E-state index contributed by atoms with van der Waals surface area (Å²) in [5, 5.41) is 25.1. The Morgan fingerprint density at radius 1 is 1.30 bits per heavy atom. The number of nitriles is 1. The lowest BCUT2D eigenvalue weighted by Crippen LogP contribution is -2.46. The molecule has 1 aliphatic rings. The fourth-order valence-corrected chi connectivity index (χ4v) is 3.39. The number of hydrogen-bond acceptors (Lipinski definition) is 8. The Morgan fingerprint density at radius 3 is 2.76 bits per heavy atom. The topological polar surface area (TPSA) is 143 Å². The summed E-state index contributed by atoms with van der Waals surface area (Å²) in [4.78, 5) is 33.0. The van der Waals surface area contributed by atoms with Crippen LogP contribution in [0.2, 0.25) is 0 Å². The van der Waals surface area contributed by atoms with Crippen molar-refractivity contribution >= 4 is 29.3 Å². The SMILES string of the molecule is N#CNC(=O)c1ccccc1Nc1nc(NC2CCCN(C(=O)CO)C2)ncc1C(F)(F)F. The standard InChI is InChI=1S/C20H20F3N7O3/c21-20(22,23)14-8-25-19(27-12-4-3-7-30(9-12)16(32)10-31)29-17(14)28-15-6-2-1-5-13(15)18(33)26-11-24/h1-2,5-6,8,12,31H,3-4,7,9-10H2,(H,26,33)(H2,25,27,28,29). The number of carbonyl (C=O) groups excluding carboxylic acids is 2. The van der Waals surface area contributed by atoms with Crippen LogP contribution < -0.4 is 16.0 Å². The predicted octanol–water partition coefficient (Wildman–Crippen LogP) is 1.85. The molecule has 0 radical (unpaired) electrons. The molecule has 1 aromatic heterocycles. The quantitative estimate of drug-likeness (QED) is 0.375. The molecule has 1 aliphatic heterocycles. The van der Waals surface area contributed by atoms with Gasteiger partial charge in [-0.25, -0.2) is 4.98 Å². The average Bonchev–Trinajstić information content (AvgIpc) is 2.78. The van der Waals surface area contributed by atoms with Gasteiger partial charge in [-0.05, 0) is 25.0 Å². The summed E-state index contributed by atoms with van der Waals surface area (Å²) in [6.07, 6.45) is -1.42. The van der Waals surface area contributed by atoms with Gasteiger partial charge in [-0.15, -0.1) is 0 Å². The second-order valence-corrected chi connectivity index (χ2v) is 7.17. The molecule has 1 aromatic carbocycles. The van der Waals surface area contributed by atoms with Gasteiger partial charge in [-0.2, -0.15) is 23.4 Å². The van der Waals surface area contributed by atoms with Crippen LogP contribution in [0, 0.1) is 11.5 Å². The number of rotatable bonds is 6.